The predicted molar refractivity (Wildman–Crippen MR) is 48.1 cm³/mol. The largest absolute Gasteiger partial charge is 0.399 e. The molecule has 0 aliphatic heterocycles. The molecule has 1 rings (SSSR count). The second-order valence-electron chi connectivity index (χ2n) is 2.62. The van der Waals surface area contributed by atoms with Crippen molar-refractivity contribution >= 4 is 18.1 Å². The third-order valence-electron chi connectivity index (χ3n) is 1.84. The van der Waals surface area contributed by atoms with Crippen molar-refractivity contribution in [2.45, 2.75) is 25.8 Å². The molecule has 0 spiro atoms. The number of hydrogen-bond donors (Lipinski definition) is 1. The highest BCUT2D eigenvalue weighted by Crippen LogP contribution is 2.30. The molecule has 0 radical (unpaired) electrons. The van der Waals surface area contributed by atoms with Gasteiger partial charge in [0, 0.05) is 12.0 Å². The van der Waals surface area contributed by atoms with Crippen LogP contribution in [0, 0.1) is 5.92 Å². The van der Waals surface area contributed by atoms with E-state index in [-0.39, 0.29) is 12.4 Å². The maximum absolute atomic E-state index is 5.64. The molecule has 1 fully saturated rings. The van der Waals surface area contributed by atoms with Crippen molar-refractivity contribution in [3.05, 3.63) is 0 Å². The molecule has 0 aromatic heterocycles. The Bertz CT molecular complexity index is 149. The summed E-state index contributed by atoms with van der Waals surface area (Å²) in [5.41, 5.74) is 6.74. The van der Waals surface area contributed by atoms with E-state index in [1.54, 1.807) is 7.11 Å². The molecule has 4 heteroatoms. The fourth-order valence-electron chi connectivity index (χ4n) is 1.11. The van der Waals surface area contributed by atoms with Gasteiger partial charge >= 0.3 is 0 Å². The Morgan fingerprint density at radius 3 is 2.55 bits per heavy atom. The average molecular weight is 179 g/mol. The van der Waals surface area contributed by atoms with Crippen LogP contribution < -0.4 is 5.73 Å². The first-order chi connectivity index (χ1) is 4.79. The number of rotatable bonds is 3. The van der Waals surface area contributed by atoms with Crippen LogP contribution in [0.4, 0.5) is 0 Å². The van der Waals surface area contributed by atoms with Crippen LogP contribution in [0.25, 0.3) is 0 Å². The number of oxime groups is 1. The van der Waals surface area contributed by atoms with Crippen molar-refractivity contribution in [3.8, 4) is 0 Å². The second-order valence-corrected chi connectivity index (χ2v) is 2.62. The van der Waals surface area contributed by atoms with E-state index in [1.165, 1.54) is 0 Å². The third-order valence-corrected chi connectivity index (χ3v) is 1.84. The Labute approximate surface area is 73.4 Å². The molecule has 1 aliphatic rings. The zero-order valence-corrected chi connectivity index (χ0v) is 7.73. The van der Waals surface area contributed by atoms with Crippen LogP contribution in [-0.2, 0) is 4.84 Å². The molecule has 1 saturated carbocycles. The van der Waals surface area contributed by atoms with Gasteiger partial charge in [-0.25, -0.2) is 0 Å². The minimum Gasteiger partial charge on any atom is -0.399 e. The first kappa shape index (κ1) is 10.7. The number of nitrogens with zero attached hydrogens (tertiary/aromatic N) is 1. The maximum atomic E-state index is 5.64. The van der Waals surface area contributed by atoms with Crippen LogP contribution in [0.3, 0.4) is 0 Å². The topological polar surface area (TPSA) is 47.6 Å². The molecular weight excluding hydrogens is 164 g/mol. The Kier molecular flexibility index (Phi) is 4.45. The molecule has 11 heavy (non-hydrogen) atoms. The highest BCUT2D eigenvalue weighted by atomic mass is 35.5. The maximum Gasteiger partial charge on any atom is 0.106 e. The monoisotopic (exact) mass is 178 g/mol. The molecule has 0 heterocycles. The van der Waals surface area contributed by atoms with Crippen LogP contribution in [-0.4, -0.2) is 18.9 Å². The fraction of sp³-hybridized carbons (Fsp3) is 0.857. The Morgan fingerprint density at radius 2 is 2.27 bits per heavy atom. The van der Waals surface area contributed by atoms with E-state index < -0.39 is 0 Å². The zero-order chi connectivity index (χ0) is 7.56. The van der Waals surface area contributed by atoms with Crippen molar-refractivity contribution < 1.29 is 4.84 Å². The van der Waals surface area contributed by atoms with Gasteiger partial charge in [0.2, 0.25) is 0 Å². The van der Waals surface area contributed by atoms with Gasteiger partial charge in [0.25, 0.3) is 0 Å². The number of nitrogens with two attached hydrogens (primary N) is 1. The smallest absolute Gasteiger partial charge is 0.106 e. The predicted octanol–water partition coefficient (Wildman–Crippen LogP) is 1.17. The van der Waals surface area contributed by atoms with Gasteiger partial charge in [0.1, 0.15) is 7.11 Å². The lowest BCUT2D eigenvalue weighted by molar-refractivity contribution is 0.211. The van der Waals surface area contributed by atoms with Crippen molar-refractivity contribution in [2.75, 3.05) is 7.11 Å². The van der Waals surface area contributed by atoms with Gasteiger partial charge in [-0.15, -0.1) is 12.4 Å². The molecule has 66 valence electrons. The van der Waals surface area contributed by atoms with Crippen LogP contribution in [0.1, 0.15) is 19.8 Å². The molecule has 0 bridgehead atoms. The molecular formula is C7H15ClN2O. The standard InChI is InChI=1S/C7H14N2O.ClH/c1-3-7(9-10-2)5-4-6(5)8;/h5-6H,3-4,8H2,1-2H3;1H/b9-7+;. The van der Waals surface area contributed by atoms with E-state index in [0.29, 0.717) is 12.0 Å². The molecule has 0 aromatic carbocycles. The van der Waals surface area contributed by atoms with E-state index in [9.17, 15) is 0 Å². The zero-order valence-electron chi connectivity index (χ0n) is 6.91. The van der Waals surface area contributed by atoms with Gasteiger partial charge in [-0.05, 0) is 12.8 Å². The summed E-state index contributed by atoms with van der Waals surface area (Å²) in [6.07, 6.45) is 2.03. The lowest BCUT2D eigenvalue weighted by Gasteiger charge is -1.98. The molecule has 1 aliphatic carbocycles. The highest BCUT2D eigenvalue weighted by Gasteiger charge is 2.37. The van der Waals surface area contributed by atoms with Gasteiger partial charge in [0.05, 0.1) is 5.71 Å². The molecule has 0 aromatic rings. The van der Waals surface area contributed by atoms with E-state index in [2.05, 4.69) is 16.9 Å². The molecule has 2 N–H and O–H groups in total. The lowest BCUT2D eigenvalue weighted by atomic mass is 10.2. The first-order valence-corrected chi connectivity index (χ1v) is 3.65. The summed E-state index contributed by atoms with van der Waals surface area (Å²) in [7, 11) is 1.57. The van der Waals surface area contributed by atoms with Crippen LogP contribution in [0.2, 0.25) is 0 Å². The van der Waals surface area contributed by atoms with Gasteiger partial charge < -0.3 is 10.6 Å². The summed E-state index contributed by atoms with van der Waals surface area (Å²) in [5.74, 6) is 0.505. The molecule has 2 unspecified atom stereocenters. The van der Waals surface area contributed by atoms with Crippen molar-refractivity contribution in [2.24, 2.45) is 16.8 Å². The summed E-state index contributed by atoms with van der Waals surface area (Å²) >= 11 is 0. The minimum atomic E-state index is 0. The summed E-state index contributed by atoms with van der Waals surface area (Å²) in [5, 5.41) is 3.89. The Morgan fingerprint density at radius 1 is 1.73 bits per heavy atom. The highest BCUT2D eigenvalue weighted by molar-refractivity contribution is 5.89. The minimum absolute atomic E-state index is 0. The summed E-state index contributed by atoms with van der Waals surface area (Å²) in [6, 6.07) is 0.342. The summed E-state index contributed by atoms with van der Waals surface area (Å²) in [4.78, 5) is 4.68. The van der Waals surface area contributed by atoms with Crippen molar-refractivity contribution in [3.63, 3.8) is 0 Å². The summed E-state index contributed by atoms with van der Waals surface area (Å²) < 4.78 is 0. The van der Waals surface area contributed by atoms with E-state index in [1.807, 2.05) is 0 Å². The molecule has 2 atom stereocenters. The number of halogens is 1. The SMILES string of the molecule is CC/C(=N\OC)C1CC1N.Cl. The molecule has 0 amide bonds. The normalized spacial score (nSPS) is 29.2. The molecule has 3 nitrogen and oxygen atoms in total. The van der Waals surface area contributed by atoms with Gasteiger partial charge in [0.15, 0.2) is 0 Å². The van der Waals surface area contributed by atoms with Gasteiger partial charge in [-0.1, -0.05) is 12.1 Å². The van der Waals surface area contributed by atoms with E-state index in [4.69, 9.17) is 5.73 Å². The average Bonchev–Trinajstić information content (AvgIpc) is 2.62. The summed E-state index contributed by atoms with van der Waals surface area (Å²) in [6.45, 7) is 2.07. The first-order valence-electron chi connectivity index (χ1n) is 3.65. The van der Waals surface area contributed by atoms with E-state index in [0.717, 1.165) is 18.6 Å². The Hall–Kier alpha value is -0.280. The van der Waals surface area contributed by atoms with Gasteiger partial charge in [-0.3, -0.25) is 0 Å². The van der Waals surface area contributed by atoms with Gasteiger partial charge in [-0.2, -0.15) is 0 Å². The quantitative estimate of drug-likeness (QED) is 0.521. The van der Waals surface area contributed by atoms with Crippen LogP contribution in [0.5, 0.6) is 0 Å². The number of hydrogen-bond acceptors (Lipinski definition) is 3. The van der Waals surface area contributed by atoms with E-state index >= 15 is 0 Å². The van der Waals surface area contributed by atoms with Crippen molar-refractivity contribution in [1.29, 1.82) is 0 Å². The molecule has 0 saturated heterocycles. The third kappa shape index (κ3) is 2.67. The second kappa shape index (κ2) is 4.57. The van der Waals surface area contributed by atoms with Crippen LogP contribution >= 0.6 is 12.4 Å². The Balaban J connectivity index is 0.000001000. The lowest BCUT2D eigenvalue weighted by Crippen LogP contribution is -2.09. The van der Waals surface area contributed by atoms with Crippen LogP contribution in [0.15, 0.2) is 5.16 Å². The van der Waals surface area contributed by atoms with Crippen molar-refractivity contribution in [1.82, 2.24) is 0 Å². The fourth-order valence-corrected chi connectivity index (χ4v) is 1.11.